The van der Waals surface area contributed by atoms with Crippen LogP contribution in [0.4, 0.5) is 0 Å². The molecule has 0 saturated heterocycles. The van der Waals surface area contributed by atoms with Gasteiger partial charge in [0.25, 0.3) is 11.5 Å². The van der Waals surface area contributed by atoms with Gasteiger partial charge in [0.2, 0.25) is 0 Å². The number of carbonyl (C=O) groups excluding carboxylic acids is 1. The van der Waals surface area contributed by atoms with Crippen LogP contribution in [0.25, 0.3) is 0 Å². The average Bonchev–Trinajstić information content (AvgIpc) is 2.78. The maximum Gasteiger partial charge on any atom is 0.261 e. The van der Waals surface area contributed by atoms with Crippen molar-refractivity contribution in [1.29, 1.82) is 0 Å². The fraction of sp³-hybridized carbons (Fsp3) is 0.556. The summed E-state index contributed by atoms with van der Waals surface area (Å²) in [6.07, 6.45) is 6.83. The van der Waals surface area contributed by atoms with E-state index < -0.39 is 0 Å². The fourth-order valence-corrected chi connectivity index (χ4v) is 6.82. The zero-order chi connectivity index (χ0) is 22.1. The van der Waals surface area contributed by atoms with Gasteiger partial charge in [0.15, 0.2) is 0 Å². The molecule has 170 valence electrons. The van der Waals surface area contributed by atoms with E-state index in [0.29, 0.717) is 12.5 Å². The lowest BCUT2D eigenvalue weighted by atomic mass is 9.52. The second-order valence-electron chi connectivity index (χ2n) is 10.3. The molecule has 32 heavy (non-hydrogen) atoms. The van der Waals surface area contributed by atoms with Crippen LogP contribution in [0.3, 0.4) is 0 Å². The molecule has 4 fully saturated rings. The van der Waals surface area contributed by atoms with E-state index in [2.05, 4.69) is 34.3 Å². The molecule has 0 aliphatic heterocycles. The van der Waals surface area contributed by atoms with Gasteiger partial charge in [0, 0.05) is 25.3 Å². The molecule has 6 rings (SSSR count). The zero-order valence-electron chi connectivity index (χ0n) is 19.1. The molecule has 1 aromatic heterocycles. The summed E-state index contributed by atoms with van der Waals surface area (Å²) >= 11 is 0. The van der Waals surface area contributed by atoms with E-state index in [0.717, 1.165) is 49.0 Å². The topological polar surface area (TPSA) is 65.2 Å². The first-order valence-electron chi connectivity index (χ1n) is 12.4. The van der Waals surface area contributed by atoms with Crippen LogP contribution >= 0.6 is 0 Å². The van der Waals surface area contributed by atoms with Crippen molar-refractivity contribution in [3.05, 3.63) is 69.6 Å². The van der Waals surface area contributed by atoms with Crippen LogP contribution in [0.15, 0.2) is 47.3 Å². The molecule has 5 nitrogen and oxygen atoms in total. The number of aromatic amines is 1. The van der Waals surface area contributed by atoms with Gasteiger partial charge < -0.3 is 10.3 Å². The Morgan fingerprint density at radius 1 is 0.969 bits per heavy atom. The molecule has 1 amide bonds. The van der Waals surface area contributed by atoms with Gasteiger partial charge in [0.1, 0.15) is 5.56 Å². The molecule has 0 radical (unpaired) electrons. The molecule has 1 heterocycles. The second kappa shape index (κ2) is 9.22. The summed E-state index contributed by atoms with van der Waals surface area (Å²) in [6.45, 7) is 5.19. The number of benzene rings is 1. The van der Waals surface area contributed by atoms with Crippen molar-refractivity contribution in [3.63, 3.8) is 0 Å². The standard InChI is InChI=1S/C27H35N3O2/c1-2-30(16-18-6-4-3-5-7-18)17-23-8-9-24(27(32)29-23)26(31)28-15-25-21-11-19-10-20(13-21)14-22(25)12-19/h3-9,19-22,25H,2,10-17H2,1H3,(H,28,31)(H,29,32). The molecule has 4 saturated carbocycles. The van der Waals surface area contributed by atoms with Gasteiger partial charge in [-0.2, -0.15) is 0 Å². The Bertz CT molecular complexity index is 971. The Hall–Kier alpha value is -2.40. The Morgan fingerprint density at radius 3 is 2.28 bits per heavy atom. The SMILES string of the molecule is CCN(Cc1ccccc1)Cc1ccc(C(=O)NCC2C3CC4CC(C3)CC2C4)c(=O)[nH]1. The van der Waals surface area contributed by atoms with Crippen LogP contribution < -0.4 is 10.9 Å². The summed E-state index contributed by atoms with van der Waals surface area (Å²) in [5.74, 6) is 3.78. The summed E-state index contributed by atoms with van der Waals surface area (Å²) in [4.78, 5) is 30.7. The summed E-state index contributed by atoms with van der Waals surface area (Å²) < 4.78 is 0. The zero-order valence-corrected chi connectivity index (χ0v) is 19.1. The van der Waals surface area contributed by atoms with Gasteiger partial charge in [-0.3, -0.25) is 14.5 Å². The third kappa shape index (κ3) is 4.54. The Labute approximate surface area is 190 Å². The van der Waals surface area contributed by atoms with Crippen LogP contribution in [0.1, 0.15) is 60.6 Å². The highest BCUT2D eigenvalue weighted by atomic mass is 16.2. The van der Waals surface area contributed by atoms with E-state index in [-0.39, 0.29) is 17.0 Å². The predicted molar refractivity (Wildman–Crippen MR) is 126 cm³/mol. The number of hydrogen-bond acceptors (Lipinski definition) is 3. The summed E-state index contributed by atoms with van der Waals surface area (Å²) in [5.41, 5.74) is 2.02. The predicted octanol–water partition coefficient (Wildman–Crippen LogP) is 4.20. The summed E-state index contributed by atoms with van der Waals surface area (Å²) in [5, 5.41) is 3.10. The lowest BCUT2D eigenvalue weighted by Crippen LogP contribution is -2.49. The highest BCUT2D eigenvalue weighted by Crippen LogP contribution is 2.56. The van der Waals surface area contributed by atoms with Gasteiger partial charge in [-0.15, -0.1) is 0 Å². The van der Waals surface area contributed by atoms with E-state index in [1.807, 2.05) is 24.3 Å². The van der Waals surface area contributed by atoms with Gasteiger partial charge >= 0.3 is 0 Å². The van der Waals surface area contributed by atoms with Crippen LogP contribution in [-0.2, 0) is 13.1 Å². The molecule has 0 unspecified atom stereocenters. The van der Waals surface area contributed by atoms with Gasteiger partial charge in [-0.05, 0) is 85.9 Å². The molecule has 4 aliphatic rings. The first-order valence-corrected chi connectivity index (χ1v) is 12.4. The summed E-state index contributed by atoms with van der Waals surface area (Å²) in [6, 6.07) is 13.9. The van der Waals surface area contributed by atoms with Crippen molar-refractivity contribution in [2.75, 3.05) is 13.1 Å². The molecule has 1 aromatic carbocycles. The van der Waals surface area contributed by atoms with E-state index in [1.165, 1.54) is 37.7 Å². The molecule has 0 atom stereocenters. The van der Waals surface area contributed by atoms with E-state index >= 15 is 0 Å². The monoisotopic (exact) mass is 433 g/mol. The highest BCUT2D eigenvalue weighted by molar-refractivity contribution is 5.93. The molecule has 4 aliphatic carbocycles. The number of nitrogens with one attached hydrogen (secondary N) is 2. The highest BCUT2D eigenvalue weighted by Gasteiger charge is 2.47. The second-order valence-corrected chi connectivity index (χ2v) is 10.3. The van der Waals surface area contributed by atoms with E-state index in [9.17, 15) is 9.59 Å². The lowest BCUT2D eigenvalue weighted by Gasteiger charge is -2.54. The number of amides is 1. The van der Waals surface area contributed by atoms with Crippen LogP contribution in [0.2, 0.25) is 0 Å². The van der Waals surface area contributed by atoms with Crippen molar-refractivity contribution < 1.29 is 4.79 Å². The van der Waals surface area contributed by atoms with Crippen LogP contribution in [0.5, 0.6) is 0 Å². The molecular weight excluding hydrogens is 398 g/mol. The average molecular weight is 434 g/mol. The van der Waals surface area contributed by atoms with Crippen molar-refractivity contribution >= 4 is 5.91 Å². The van der Waals surface area contributed by atoms with Gasteiger partial charge in [0.05, 0.1) is 0 Å². The number of H-pyrrole nitrogens is 1. The normalized spacial score (nSPS) is 28.2. The number of hydrogen-bond donors (Lipinski definition) is 2. The Balaban J connectivity index is 1.18. The number of nitrogens with zero attached hydrogens (tertiary/aromatic N) is 1. The van der Waals surface area contributed by atoms with Gasteiger partial charge in [-0.1, -0.05) is 37.3 Å². The fourth-order valence-electron chi connectivity index (χ4n) is 6.82. The van der Waals surface area contributed by atoms with E-state index in [1.54, 1.807) is 6.07 Å². The molecule has 4 bridgehead atoms. The first kappa shape index (κ1) is 21.4. The number of rotatable bonds is 8. The minimum Gasteiger partial charge on any atom is -0.352 e. The number of aromatic nitrogens is 1. The largest absolute Gasteiger partial charge is 0.352 e. The quantitative estimate of drug-likeness (QED) is 0.656. The van der Waals surface area contributed by atoms with Crippen LogP contribution in [-0.4, -0.2) is 28.9 Å². The Kier molecular flexibility index (Phi) is 6.18. The van der Waals surface area contributed by atoms with Crippen molar-refractivity contribution in [1.82, 2.24) is 15.2 Å². The maximum atomic E-state index is 12.8. The third-order valence-electron chi connectivity index (χ3n) is 8.23. The van der Waals surface area contributed by atoms with Crippen molar-refractivity contribution in [3.8, 4) is 0 Å². The molecule has 0 spiro atoms. The third-order valence-corrected chi connectivity index (χ3v) is 8.23. The maximum absolute atomic E-state index is 12.8. The minimum atomic E-state index is -0.291. The minimum absolute atomic E-state index is 0.226. The van der Waals surface area contributed by atoms with Crippen molar-refractivity contribution in [2.24, 2.45) is 29.6 Å². The van der Waals surface area contributed by atoms with Gasteiger partial charge in [-0.25, -0.2) is 0 Å². The number of pyridine rings is 1. The van der Waals surface area contributed by atoms with Crippen LogP contribution in [0, 0.1) is 29.6 Å². The van der Waals surface area contributed by atoms with Crippen molar-refractivity contribution in [2.45, 2.75) is 52.1 Å². The smallest absolute Gasteiger partial charge is 0.261 e. The first-order chi connectivity index (χ1) is 15.6. The molecule has 2 N–H and O–H groups in total. The molecule has 2 aromatic rings. The molecule has 5 heteroatoms. The molecular formula is C27H35N3O2. The van der Waals surface area contributed by atoms with E-state index in [4.69, 9.17) is 0 Å². The lowest BCUT2D eigenvalue weighted by molar-refractivity contribution is -0.0347. The Morgan fingerprint density at radius 2 is 1.66 bits per heavy atom. The summed E-state index contributed by atoms with van der Waals surface area (Å²) in [7, 11) is 0. The number of carbonyl (C=O) groups is 1.